The molecule has 0 saturated heterocycles. The van der Waals surface area contributed by atoms with Crippen LogP contribution in [0.25, 0.3) is 0 Å². The highest BCUT2D eigenvalue weighted by Gasteiger charge is 2.21. The Morgan fingerprint density at radius 2 is 1.39 bits per heavy atom. The average molecular weight is 322 g/mol. The molecular formula is C21H32F2. The molecular weight excluding hydrogens is 290 g/mol. The maximum atomic E-state index is 14.1. The van der Waals surface area contributed by atoms with Crippen LogP contribution in [0.15, 0.2) is 12.1 Å². The highest BCUT2D eigenvalue weighted by atomic mass is 19.2. The lowest BCUT2D eigenvalue weighted by Crippen LogP contribution is -2.15. The normalized spacial score (nSPS) is 21.6. The second-order valence-corrected chi connectivity index (χ2v) is 7.29. The van der Waals surface area contributed by atoms with E-state index < -0.39 is 11.6 Å². The first-order valence-corrected chi connectivity index (χ1v) is 9.61. The minimum absolute atomic E-state index is 0.485. The Morgan fingerprint density at radius 1 is 0.826 bits per heavy atom. The molecule has 1 aromatic rings. The largest absolute Gasteiger partial charge is 0.203 e. The third kappa shape index (κ3) is 5.29. The highest BCUT2D eigenvalue weighted by molar-refractivity contribution is 5.26. The second-order valence-electron chi connectivity index (χ2n) is 7.29. The first kappa shape index (κ1) is 18.4. The molecule has 0 aromatic heterocycles. The van der Waals surface area contributed by atoms with E-state index >= 15 is 0 Å². The Kier molecular flexibility index (Phi) is 7.52. The summed E-state index contributed by atoms with van der Waals surface area (Å²) in [6.07, 6.45) is 12.9. The number of benzene rings is 1. The van der Waals surface area contributed by atoms with Gasteiger partial charge in [-0.1, -0.05) is 77.3 Å². The van der Waals surface area contributed by atoms with E-state index in [9.17, 15) is 8.78 Å². The Balaban J connectivity index is 1.76. The number of hydrogen-bond acceptors (Lipinski definition) is 0. The average Bonchev–Trinajstić information content (AvgIpc) is 2.58. The van der Waals surface area contributed by atoms with Crippen LogP contribution in [0.1, 0.15) is 82.8 Å². The van der Waals surface area contributed by atoms with Crippen molar-refractivity contribution >= 4 is 0 Å². The van der Waals surface area contributed by atoms with Gasteiger partial charge in [-0.3, -0.25) is 0 Å². The van der Waals surface area contributed by atoms with E-state index in [0.717, 1.165) is 12.3 Å². The van der Waals surface area contributed by atoms with E-state index in [1.165, 1.54) is 51.4 Å². The van der Waals surface area contributed by atoms with E-state index in [-0.39, 0.29) is 0 Å². The van der Waals surface area contributed by atoms with Crippen molar-refractivity contribution in [2.75, 3.05) is 0 Å². The van der Waals surface area contributed by atoms with Crippen molar-refractivity contribution in [2.45, 2.75) is 84.5 Å². The fourth-order valence-electron chi connectivity index (χ4n) is 3.95. The molecule has 1 aliphatic carbocycles. The maximum Gasteiger partial charge on any atom is 0.162 e. The van der Waals surface area contributed by atoms with Crippen LogP contribution in [0.5, 0.6) is 0 Å². The van der Waals surface area contributed by atoms with Gasteiger partial charge in [0.2, 0.25) is 0 Å². The van der Waals surface area contributed by atoms with Crippen molar-refractivity contribution in [1.29, 1.82) is 0 Å². The van der Waals surface area contributed by atoms with Gasteiger partial charge in [-0.2, -0.15) is 0 Å². The minimum Gasteiger partial charge on any atom is -0.203 e. The van der Waals surface area contributed by atoms with Gasteiger partial charge < -0.3 is 0 Å². The molecule has 0 bridgehead atoms. The summed E-state index contributed by atoms with van der Waals surface area (Å²) in [5.74, 6) is 0.365. The molecule has 2 rings (SSSR count). The van der Waals surface area contributed by atoms with Gasteiger partial charge in [-0.05, 0) is 42.2 Å². The minimum atomic E-state index is -0.635. The molecule has 0 spiro atoms. The number of unbranched alkanes of at least 4 members (excludes halogenated alkanes) is 2. The Morgan fingerprint density at radius 3 is 2.00 bits per heavy atom. The van der Waals surface area contributed by atoms with Crippen LogP contribution in [0.4, 0.5) is 8.78 Å². The molecule has 23 heavy (non-hydrogen) atoms. The van der Waals surface area contributed by atoms with Crippen molar-refractivity contribution in [3.8, 4) is 0 Å². The first-order valence-electron chi connectivity index (χ1n) is 9.61. The first-order chi connectivity index (χ1) is 11.2. The van der Waals surface area contributed by atoms with Crippen LogP contribution in [0, 0.1) is 23.5 Å². The van der Waals surface area contributed by atoms with Gasteiger partial charge in [0, 0.05) is 0 Å². The molecule has 0 N–H and O–H groups in total. The van der Waals surface area contributed by atoms with Crippen LogP contribution in [-0.4, -0.2) is 0 Å². The molecule has 1 aliphatic rings. The molecule has 1 aromatic carbocycles. The van der Waals surface area contributed by atoms with Crippen LogP contribution in [0.3, 0.4) is 0 Å². The number of rotatable bonds is 8. The van der Waals surface area contributed by atoms with E-state index in [4.69, 9.17) is 0 Å². The summed E-state index contributed by atoms with van der Waals surface area (Å²) < 4.78 is 27.9. The zero-order valence-corrected chi connectivity index (χ0v) is 14.8. The molecule has 0 radical (unpaired) electrons. The fraction of sp³-hybridized carbons (Fsp3) is 0.714. The summed E-state index contributed by atoms with van der Waals surface area (Å²) in [4.78, 5) is 0. The van der Waals surface area contributed by atoms with E-state index in [0.29, 0.717) is 29.9 Å². The molecule has 130 valence electrons. The van der Waals surface area contributed by atoms with Crippen molar-refractivity contribution < 1.29 is 8.78 Å². The predicted molar refractivity (Wildman–Crippen MR) is 93.6 cm³/mol. The van der Waals surface area contributed by atoms with Crippen LogP contribution in [0.2, 0.25) is 0 Å². The van der Waals surface area contributed by atoms with Gasteiger partial charge in [-0.25, -0.2) is 8.78 Å². The van der Waals surface area contributed by atoms with Gasteiger partial charge in [0.05, 0.1) is 0 Å². The molecule has 0 aliphatic heterocycles. The second kappa shape index (κ2) is 9.39. The molecule has 1 fully saturated rings. The summed E-state index contributed by atoms with van der Waals surface area (Å²) in [7, 11) is 0. The van der Waals surface area contributed by atoms with Crippen LogP contribution >= 0.6 is 0 Å². The quantitative estimate of drug-likeness (QED) is 0.459. The molecule has 0 heterocycles. The lowest BCUT2D eigenvalue weighted by molar-refractivity contribution is 0.248. The van der Waals surface area contributed by atoms with Crippen molar-refractivity contribution in [1.82, 2.24) is 0 Å². The zero-order valence-electron chi connectivity index (χ0n) is 14.8. The van der Waals surface area contributed by atoms with E-state index in [1.54, 1.807) is 12.1 Å². The SMILES string of the molecule is CCCCCC1CCC(CCc2ccc(CC)c(F)c2F)CC1. The van der Waals surface area contributed by atoms with Gasteiger partial charge in [-0.15, -0.1) is 0 Å². The summed E-state index contributed by atoms with van der Waals surface area (Å²) in [5, 5.41) is 0. The van der Waals surface area contributed by atoms with Crippen LogP contribution < -0.4 is 0 Å². The fourth-order valence-corrected chi connectivity index (χ4v) is 3.95. The van der Waals surface area contributed by atoms with E-state index in [2.05, 4.69) is 6.92 Å². The molecule has 0 unspecified atom stereocenters. The summed E-state index contributed by atoms with van der Waals surface area (Å²) in [5.41, 5.74) is 1.05. The van der Waals surface area contributed by atoms with E-state index in [1.807, 2.05) is 6.92 Å². The molecule has 0 atom stereocenters. The summed E-state index contributed by atoms with van der Waals surface area (Å²) >= 11 is 0. The summed E-state index contributed by atoms with van der Waals surface area (Å²) in [6.45, 7) is 4.11. The number of hydrogen-bond donors (Lipinski definition) is 0. The monoisotopic (exact) mass is 322 g/mol. The van der Waals surface area contributed by atoms with Crippen molar-refractivity contribution in [3.63, 3.8) is 0 Å². The molecule has 1 saturated carbocycles. The molecule has 0 amide bonds. The standard InChI is InChI=1S/C21H32F2/c1-3-5-6-7-16-8-10-17(11-9-16)12-13-19-15-14-18(4-2)20(22)21(19)23/h14-17H,3-13H2,1-2H3. The molecule has 2 heteroatoms. The smallest absolute Gasteiger partial charge is 0.162 e. The molecule has 0 nitrogen and oxygen atoms in total. The number of aryl methyl sites for hydroxylation is 2. The lowest BCUT2D eigenvalue weighted by atomic mass is 9.77. The summed E-state index contributed by atoms with van der Waals surface area (Å²) in [6, 6.07) is 3.53. The zero-order chi connectivity index (χ0) is 16.7. The van der Waals surface area contributed by atoms with Gasteiger partial charge in [0.25, 0.3) is 0 Å². The lowest BCUT2D eigenvalue weighted by Gasteiger charge is -2.28. The highest BCUT2D eigenvalue weighted by Crippen LogP contribution is 2.34. The number of halogens is 2. The van der Waals surface area contributed by atoms with Crippen LogP contribution in [-0.2, 0) is 12.8 Å². The van der Waals surface area contributed by atoms with Gasteiger partial charge in [0.1, 0.15) is 0 Å². The van der Waals surface area contributed by atoms with Crippen molar-refractivity contribution in [3.05, 3.63) is 34.9 Å². The predicted octanol–water partition coefficient (Wildman–Crippen LogP) is 6.85. The third-order valence-electron chi connectivity index (χ3n) is 5.63. The van der Waals surface area contributed by atoms with Gasteiger partial charge in [0.15, 0.2) is 11.6 Å². The third-order valence-corrected chi connectivity index (χ3v) is 5.63. The maximum absolute atomic E-state index is 14.1. The van der Waals surface area contributed by atoms with Crippen molar-refractivity contribution in [2.24, 2.45) is 11.8 Å². The van der Waals surface area contributed by atoms with Gasteiger partial charge >= 0.3 is 0 Å². The Hall–Kier alpha value is -0.920. The Labute approximate surface area is 140 Å². The topological polar surface area (TPSA) is 0 Å². The Bertz CT molecular complexity index is 473.